The van der Waals surface area contributed by atoms with Crippen LogP contribution in [0, 0.1) is 5.92 Å². The van der Waals surface area contributed by atoms with Crippen molar-refractivity contribution in [2.24, 2.45) is 5.92 Å². The Kier molecular flexibility index (Phi) is 6.33. The lowest BCUT2D eigenvalue weighted by atomic mass is 10.0. The van der Waals surface area contributed by atoms with Crippen molar-refractivity contribution in [1.29, 1.82) is 0 Å². The summed E-state index contributed by atoms with van der Waals surface area (Å²) in [5, 5.41) is 0. The van der Waals surface area contributed by atoms with E-state index in [4.69, 9.17) is 9.47 Å². The van der Waals surface area contributed by atoms with Crippen LogP contribution in [0.1, 0.15) is 43.6 Å². The highest BCUT2D eigenvalue weighted by Gasteiger charge is 2.22. The molecule has 1 fully saturated rings. The third-order valence-electron chi connectivity index (χ3n) is 3.65. The first-order valence-electron chi connectivity index (χ1n) is 7.52. The summed E-state index contributed by atoms with van der Waals surface area (Å²) in [6.07, 6.45) is 2.29. The highest BCUT2D eigenvalue weighted by molar-refractivity contribution is 5.24. The van der Waals surface area contributed by atoms with Gasteiger partial charge in [-0.05, 0) is 30.9 Å². The normalized spacial score (nSPS) is 22.0. The molecule has 0 saturated carbocycles. The quantitative estimate of drug-likeness (QED) is 0.746. The highest BCUT2D eigenvalue weighted by atomic mass is 19.3. The SMILES string of the molecule is CCCC1COC(c2ccc(CCC=C(F)F)cc2)OC1. The maximum absolute atomic E-state index is 12.0. The first-order valence-corrected chi connectivity index (χ1v) is 7.52. The molecule has 0 spiro atoms. The molecule has 116 valence electrons. The number of allylic oxidation sites excluding steroid dienone is 1. The van der Waals surface area contributed by atoms with Gasteiger partial charge in [-0.3, -0.25) is 0 Å². The van der Waals surface area contributed by atoms with Gasteiger partial charge in [-0.2, -0.15) is 8.78 Å². The minimum Gasteiger partial charge on any atom is -0.348 e. The Hall–Kier alpha value is -1.26. The summed E-state index contributed by atoms with van der Waals surface area (Å²) in [6, 6.07) is 7.81. The second-order valence-electron chi connectivity index (χ2n) is 5.43. The van der Waals surface area contributed by atoms with Gasteiger partial charge >= 0.3 is 0 Å². The van der Waals surface area contributed by atoms with E-state index in [0.717, 1.165) is 43.3 Å². The Morgan fingerprint density at radius 3 is 2.43 bits per heavy atom. The van der Waals surface area contributed by atoms with E-state index in [1.165, 1.54) is 0 Å². The molecule has 0 aromatic heterocycles. The van der Waals surface area contributed by atoms with Gasteiger partial charge in [0.2, 0.25) is 0 Å². The largest absolute Gasteiger partial charge is 0.348 e. The molecule has 0 amide bonds. The lowest BCUT2D eigenvalue weighted by Crippen LogP contribution is -2.26. The second-order valence-corrected chi connectivity index (χ2v) is 5.43. The number of ether oxygens (including phenoxy) is 2. The molecule has 0 N–H and O–H groups in total. The van der Waals surface area contributed by atoms with Gasteiger partial charge in [-0.15, -0.1) is 0 Å². The number of halogens is 2. The van der Waals surface area contributed by atoms with Crippen molar-refractivity contribution < 1.29 is 18.3 Å². The molecular weight excluding hydrogens is 274 g/mol. The van der Waals surface area contributed by atoms with Gasteiger partial charge in [0.15, 0.2) is 6.29 Å². The monoisotopic (exact) mass is 296 g/mol. The predicted molar refractivity (Wildman–Crippen MR) is 78.1 cm³/mol. The van der Waals surface area contributed by atoms with Crippen LogP contribution in [0.25, 0.3) is 0 Å². The number of aryl methyl sites for hydroxylation is 1. The molecular formula is C17H22F2O2. The fourth-order valence-corrected chi connectivity index (χ4v) is 2.50. The van der Waals surface area contributed by atoms with Crippen molar-refractivity contribution in [3.05, 3.63) is 47.5 Å². The maximum Gasteiger partial charge on any atom is 0.266 e. The summed E-state index contributed by atoms with van der Waals surface area (Å²) >= 11 is 0. The Labute approximate surface area is 124 Å². The van der Waals surface area contributed by atoms with Gasteiger partial charge in [-0.1, -0.05) is 37.6 Å². The van der Waals surface area contributed by atoms with Gasteiger partial charge in [0.1, 0.15) is 0 Å². The van der Waals surface area contributed by atoms with Gasteiger partial charge in [0.25, 0.3) is 6.08 Å². The van der Waals surface area contributed by atoms with E-state index in [0.29, 0.717) is 18.8 Å². The molecule has 21 heavy (non-hydrogen) atoms. The van der Waals surface area contributed by atoms with Crippen molar-refractivity contribution in [3.8, 4) is 0 Å². The van der Waals surface area contributed by atoms with Crippen LogP contribution in [-0.2, 0) is 15.9 Å². The Morgan fingerprint density at radius 1 is 1.19 bits per heavy atom. The zero-order valence-corrected chi connectivity index (χ0v) is 12.4. The van der Waals surface area contributed by atoms with Crippen LogP contribution in [0.4, 0.5) is 8.78 Å². The zero-order chi connectivity index (χ0) is 15.1. The van der Waals surface area contributed by atoms with Gasteiger partial charge in [0, 0.05) is 11.5 Å². The van der Waals surface area contributed by atoms with Crippen LogP contribution in [-0.4, -0.2) is 13.2 Å². The van der Waals surface area contributed by atoms with E-state index in [-0.39, 0.29) is 6.29 Å². The van der Waals surface area contributed by atoms with E-state index in [9.17, 15) is 8.78 Å². The van der Waals surface area contributed by atoms with Crippen LogP contribution in [0.2, 0.25) is 0 Å². The van der Waals surface area contributed by atoms with Gasteiger partial charge < -0.3 is 9.47 Å². The van der Waals surface area contributed by atoms with Crippen LogP contribution in [0.3, 0.4) is 0 Å². The Balaban J connectivity index is 1.84. The van der Waals surface area contributed by atoms with Crippen LogP contribution >= 0.6 is 0 Å². The smallest absolute Gasteiger partial charge is 0.266 e. The zero-order valence-electron chi connectivity index (χ0n) is 12.4. The molecule has 1 aliphatic rings. The minimum atomic E-state index is -1.61. The van der Waals surface area contributed by atoms with E-state index >= 15 is 0 Å². The van der Waals surface area contributed by atoms with Crippen molar-refractivity contribution in [3.63, 3.8) is 0 Å². The van der Waals surface area contributed by atoms with Crippen LogP contribution in [0.15, 0.2) is 36.4 Å². The number of hydrogen-bond acceptors (Lipinski definition) is 2. The third-order valence-corrected chi connectivity index (χ3v) is 3.65. The third kappa shape index (κ3) is 5.21. The van der Waals surface area contributed by atoms with Crippen molar-refractivity contribution in [2.45, 2.75) is 38.9 Å². The van der Waals surface area contributed by atoms with E-state index < -0.39 is 6.08 Å². The molecule has 1 aromatic rings. The summed E-state index contributed by atoms with van der Waals surface area (Å²) in [5.74, 6) is 0.493. The molecule has 0 radical (unpaired) electrons. The molecule has 1 aromatic carbocycles. The maximum atomic E-state index is 12.0. The Bertz CT molecular complexity index is 444. The lowest BCUT2D eigenvalue weighted by Gasteiger charge is -2.29. The molecule has 1 aliphatic heterocycles. The fraction of sp³-hybridized carbons (Fsp3) is 0.529. The van der Waals surface area contributed by atoms with Crippen molar-refractivity contribution in [1.82, 2.24) is 0 Å². The Morgan fingerprint density at radius 2 is 1.86 bits per heavy atom. The van der Waals surface area contributed by atoms with Gasteiger partial charge in [-0.25, -0.2) is 0 Å². The lowest BCUT2D eigenvalue weighted by molar-refractivity contribution is -0.206. The van der Waals surface area contributed by atoms with Gasteiger partial charge in [0.05, 0.1) is 13.2 Å². The number of hydrogen-bond donors (Lipinski definition) is 0. The van der Waals surface area contributed by atoms with Crippen molar-refractivity contribution in [2.75, 3.05) is 13.2 Å². The standard InChI is InChI=1S/C17H22F2O2/c1-2-4-14-11-20-17(21-12-14)15-9-7-13(8-10-15)5-3-6-16(18)19/h6-10,14,17H,2-5,11-12H2,1H3. The van der Waals surface area contributed by atoms with E-state index in [2.05, 4.69) is 6.92 Å². The van der Waals surface area contributed by atoms with Crippen LogP contribution in [0.5, 0.6) is 0 Å². The number of benzene rings is 1. The molecule has 2 rings (SSSR count). The summed E-state index contributed by atoms with van der Waals surface area (Å²) < 4.78 is 35.4. The molecule has 0 bridgehead atoms. The second kappa shape index (κ2) is 8.25. The van der Waals surface area contributed by atoms with Crippen LogP contribution < -0.4 is 0 Å². The molecule has 0 unspecified atom stereocenters. The first-order chi connectivity index (χ1) is 10.2. The van der Waals surface area contributed by atoms with E-state index in [1.54, 1.807) is 0 Å². The molecule has 1 heterocycles. The summed E-state index contributed by atoms with van der Waals surface area (Å²) in [6.45, 7) is 3.64. The molecule has 0 aliphatic carbocycles. The topological polar surface area (TPSA) is 18.5 Å². The summed E-state index contributed by atoms with van der Waals surface area (Å²) in [4.78, 5) is 0. The average Bonchev–Trinajstić information content (AvgIpc) is 2.49. The molecule has 1 saturated heterocycles. The first kappa shape index (κ1) is 16.1. The summed E-state index contributed by atoms with van der Waals surface area (Å²) in [5.41, 5.74) is 2.02. The number of rotatable bonds is 6. The predicted octanol–water partition coefficient (Wildman–Crippen LogP) is 4.86. The molecule has 4 heteroatoms. The average molecular weight is 296 g/mol. The minimum absolute atomic E-state index is 0.296. The fourth-order valence-electron chi connectivity index (χ4n) is 2.50. The van der Waals surface area contributed by atoms with E-state index in [1.807, 2.05) is 24.3 Å². The summed E-state index contributed by atoms with van der Waals surface area (Å²) in [7, 11) is 0. The highest BCUT2D eigenvalue weighted by Crippen LogP contribution is 2.27. The molecule has 2 nitrogen and oxygen atoms in total. The van der Waals surface area contributed by atoms with Crippen molar-refractivity contribution >= 4 is 0 Å². The molecule has 0 atom stereocenters.